The summed E-state index contributed by atoms with van der Waals surface area (Å²) < 4.78 is 0. The monoisotopic (exact) mass is 195 g/mol. The van der Waals surface area contributed by atoms with Crippen molar-refractivity contribution >= 4 is 11.6 Å². The molecule has 0 aliphatic heterocycles. The molecule has 2 nitrogen and oxygen atoms in total. The normalized spacial score (nSPS) is 11.6. The zero-order valence-electron chi connectivity index (χ0n) is 7.29. The predicted molar refractivity (Wildman–Crippen MR) is 52.3 cm³/mol. The van der Waals surface area contributed by atoms with Crippen molar-refractivity contribution in [3.8, 4) is 11.8 Å². The molecular formula is C10H10ClNO. The fourth-order valence-corrected chi connectivity index (χ4v) is 0.999. The van der Waals surface area contributed by atoms with E-state index in [4.69, 9.17) is 11.6 Å². The van der Waals surface area contributed by atoms with Gasteiger partial charge >= 0.3 is 0 Å². The second-order valence-electron chi connectivity index (χ2n) is 2.55. The average molecular weight is 196 g/mol. The largest absolute Gasteiger partial charge is 0.386 e. The Kier molecular flexibility index (Phi) is 3.75. The number of rotatable bonds is 2. The summed E-state index contributed by atoms with van der Waals surface area (Å²) in [6, 6.07) is 3.40. The van der Waals surface area contributed by atoms with E-state index in [1.165, 1.54) is 6.20 Å². The summed E-state index contributed by atoms with van der Waals surface area (Å²) in [6.07, 6.45) is 1.30. The van der Waals surface area contributed by atoms with Crippen LogP contribution >= 0.6 is 11.6 Å². The molecule has 0 saturated carbocycles. The van der Waals surface area contributed by atoms with Crippen LogP contribution in [-0.4, -0.2) is 10.1 Å². The van der Waals surface area contributed by atoms with Crippen molar-refractivity contribution in [1.29, 1.82) is 0 Å². The van der Waals surface area contributed by atoms with Gasteiger partial charge in [-0.15, -0.1) is 11.8 Å². The van der Waals surface area contributed by atoms with Crippen LogP contribution in [0, 0.1) is 11.8 Å². The summed E-state index contributed by atoms with van der Waals surface area (Å²) in [5.74, 6) is 5.50. The van der Waals surface area contributed by atoms with Gasteiger partial charge in [0.1, 0.15) is 6.10 Å². The molecular weight excluding hydrogens is 186 g/mol. The molecule has 0 aliphatic carbocycles. The fraction of sp³-hybridized carbons (Fsp3) is 0.300. The maximum Gasteiger partial charge on any atom is 0.107 e. The third-order valence-electron chi connectivity index (χ3n) is 1.56. The molecule has 1 N–H and O–H groups in total. The van der Waals surface area contributed by atoms with E-state index in [1.54, 1.807) is 19.1 Å². The third kappa shape index (κ3) is 3.06. The second kappa shape index (κ2) is 4.86. The lowest BCUT2D eigenvalue weighted by Gasteiger charge is -2.05. The van der Waals surface area contributed by atoms with Crippen LogP contribution in [-0.2, 0) is 0 Å². The standard InChI is InChI=1S/C10H10ClNO/c1-2-3-4-10(13)9-6-5-8(11)7-12-9/h5-7,10,13H,4H2,1H3. The van der Waals surface area contributed by atoms with Gasteiger partial charge in [-0.05, 0) is 19.1 Å². The van der Waals surface area contributed by atoms with E-state index >= 15 is 0 Å². The van der Waals surface area contributed by atoms with E-state index < -0.39 is 6.10 Å². The molecule has 0 amide bonds. The minimum atomic E-state index is -0.621. The van der Waals surface area contributed by atoms with E-state index in [9.17, 15) is 5.11 Å². The molecule has 3 heteroatoms. The number of nitrogens with zero attached hydrogens (tertiary/aromatic N) is 1. The lowest BCUT2D eigenvalue weighted by Crippen LogP contribution is -1.98. The van der Waals surface area contributed by atoms with Crippen molar-refractivity contribution < 1.29 is 5.11 Å². The summed E-state index contributed by atoms with van der Waals surface area (Å²) in [6.45, 7) is 1.74. The van der Waals surface area contributed by atoms with Crippen molar-refractivity contribution in [2.24, 2.45) is 0 Å². The van der Waals surface area contributed by atoms with Gasteiger partial charge < -0.3 is 5.11 Å². The van der Waals surface area contributed by atoms with E-state index in [0.717, 1.165) is 0 Å². The van der Waals surface area contributed by atoms with Gasteiger partial charge in [0.25, 0.3) is 0 Å². The molecule has 0 aromatic carbocycles. The van der Waals surface area contributed by atoms with Crippen LogP contribution in [0.1, 0.15) is 25.1 Å². The Hall–Kier alpha value is -1.04. The summed E-state index contributed by atoms with van der Waals surface area (Å²) in [4.78, 5) is 3.98. The second-order valence-corrected chi connectivity index (χ2v) is 2.98. The summed E-state index contributed by atoms with van der Waals surface area (Å²) in [5, 5.41) is 10.1. The molecule has 0 aliphatic rings. The van der Waals surface area contributed by atoms with E-state index in [2.05, 4.69) is 16.8 Å². The van der Waals surface area contributed by atoms with E-state index in [1.807, 2.05) is 0 Å². The van der Waals surface area contributed by atoms with Gasteiger partial charge in [0, 0.05) is 12.6 Å². The molecule has 0 fully saturated rings. The van der Waals surface area contributed by atoms with Gasteiger partial charge in [0.15, 0.2) is 0 Å². The first-order chi connectivity index (χ1) is 6.24. The Bertz CT molecular complexity index is 323. The lowest BCUT2D eigenvalue weighted by molar-refractivity contribution is 0.179. The summed E-state index contributed by atoms with van der Waals surface area (Å²) >= 11 is 5.65. The molecule has 1 aromatic rings. The van der Waals surface area contributed by atoms with Gasteiger partial charge in [0.2, 0.25) is 0 Å². The number of aliphatic hydroxyl groups is 1. The highest BCUT2D eigenvalue weighted by atomic mass is 35.5. The molecule has 0 radical (unpaired) electrons. The zero-order valence-corrected chi connectivity index (χ0v) is 8.04. The minimum absolute atomic E-state index is 0.408. The smallest absolute Gasteiger partial charge is 0.107 e. The van der Waals surface area contributed by atoms with Crippen LogP contribution in [0.3, 0.4) is 0 Å². The molecule has 68 valence electrons. The van der Waals surface area contributed by atoms with Crippen molar-refractivity contribution in [2.45, 2.75) is 19.4 Å². The maximum absolute atomic E-state index is 9.53. The van der Waals surface area contributed by atoms with Crippen LogP contribution < -0.4 is 0 Å². The van der Waals surface area contributed by atoms with Crippen LogP contribution in [0.2, 0.25) is 5.02 Å². The topological polar surface area (TPSA) is 33.1 Å². The molecule has 0 bridgehead atoms. The minimum Gasteiger partial charge on any atom is -0.386 e. The molecule has 13 heavy (non-hydrogen) atoms. The first-order valence-corrected chi connectivity index (χ1v) is 4.31. The molecule has 1 atom stereocenters. The first kappa shape index (κ1) is 10.0. The van der Waals surface area contributed by atoms with Crippen LogP contribution in [0.15, 0.2) is 18.3 Å². The Morgan fingerprint density at radius 3 is 2.92 bits per heavy atom. The van der Waals surface area contributed by atoms with Crippen molar-refractivity contribution in [3.05, 3.63) is 29.0 Å². The molecule has 1 aromatic heterocycles. The molecule has 1 heterocycles. The summed E-state index contributed by atoms with van der Waals surface area (Å²) in [5.41, 5.74) is 0.604. The zero-order chi connectivity index (χ0) is 9.68. The Balaban J connectivity index is 2.69. The number of pyridine rings is 1. The van der Waals surface area contributed by atoms with Gasteiger partial charge in [-0.1, -0.05) is 11.6 Å². The lowest BCUT2D eigenvalue weighted by atomic mass is 10.2. The van der Waals surface area contributed by atoms with Crippen LogP contribution in [0.4, 0.5) is 0 Å². The van der Waals surface area contributed by atoms with Gasteiger partial charge in [-0.25, -0.2) is 0 Å². The number of aromatic nitrogens is 1. The molecule has 0 spiro atoms. The van der Waals surface area contributed by atoms with Gasteiger partial charge in [-0.2, -0.15) is 0 Å². The van der Waals surface area contributed by atoms with Crippen LogP contribution in [0.25, 0.3) is 0 Å². The molecule has 1 rings (SSSR count). The number of hydrogen-bond donors (Lipinski definition) is 1. The van der Waals surface area contributed by atoms with Gasteiger partial charge in [-0.3, -0.25) is 4.98 Å². The maximum atomic E-state index is 9.53. The molecule has 0 saturated heterocycles. The van der Waals surface area contributed by atoms with Crippen molar-refractivity contribution in [2.75, 3.05) is 0 Å². The third-order valence-corrected chi connectivity index (χ3v) is 1.79. The predicted octanol–water partition coefficient (Wildman–Crippen LogP) is 2.18. The Morgan fingerprint density at radius 2 is 2.38 bits per heavy atom. The number of halogens is 1. The van der Waals surface area contributed by atoms with Crippen molar-refractivity contribution in [1.82, 2.24) is 4.98 Å². The van der Waals surface area contributed by atoms with Gasteiger partial charge in [0.05, 0.1) is 10.7 Å². The average Bonchev–Trinajstić information content (AvgIpc) is 2.15. The highest BCUT2D eigenvalue weighted by molar-refractivity contribution is 6.30. The Labute approximate surface area is 82.6 Å². The number of hydrogen-bond acceptors (Lipinski definition) is 2. The number of aliphatic hydroxyl groups excluding tert-OH is 1. The molecule has 1 unspecified atom stereocenters. The van der Waals surface area contributed by atoms with Crippen molar-refractivity contribution in [3.63, 3.8) is 0 Å². The highest BCUT2D eigenvalue weighted by Crippen LogP contribution is 2.15. The Morgan fingerprint density at radius 1 is 1.62 bits per heavy atom. The first-order valence-electron chi connectivity index (χ1n) is 3.93. The SMILES string of the molecule is CC#CCC(O)c1ccc(Cl)cn1. The fourth-order valence-electron chi connectivity index (χ4n) is 0.888. The highest BCUT2D eigenvalue weighted by Gasteiger charge is 2.06. The quantitative estimate of drug-likeness (QED) is 0.734. The van der Waals surface area contributed by atoms with E-state index in [0.29, 0.717) is 17.1 Å². The summed E-state index contributed by atoms with van der Waals surface area (Å²) in [7, 11) is 0. The van der Waals surface area contributed by atoms with E-state index in [-0.39, 0.29) is 0 Å². The van der Waals surface area contributed by atoms with Crippen LogP contribution in [0.5, 0.6) is 0 Å².